The number of carbonyl (C=O) groups is 1. The van der Waals surface area contributed by atoms with E-state index in [-0.39, 0.29) is 18.0 Å². The Morgan fingerprint density at radius 1 is 1.00 bits per heavy atom. The smallest absolute Gasteiger partial charge is 0.415 e. The Morgan fingerprint density at radius 3 is 2.50 bits per heavy atom. The Balaban J connectivity index is 1.53. The summed E-state index contributed by atoms with van der Waals surface area (Å²) in [6.07, 6.45) is 1.53. The third kappa shape index (κ3) is 6.13. The van der Waals surface area contributed by atoms with E-state index >= 15 is 0 Å². The lowest BCUT2D eigenvalue weighted by atomic mass is 10.1. The van der Waals surface area contributed by atoms with E-state index < -0.39 is 12.2 Å². The average Bonchev–Trinajstić information content (AvgIpc) is 2.90. The van der Waals surface area contributed by atoms with Gasteiger partial charge in [0.25, 0.3) is 0 Å². The van der Waals surface area contributed by atoms with Crippen molar-refractivity contribution in [3.05, 3.63) is 96.4 Å². The molecule has 0 saturated carbocycles. The molecule has 0 aliphatic carbocycles. The second-order valence-electron chi connectivity index (χ2n) is 8.29. The van der Waals surface area contributed by atoms with Crippen LogP contribution >= 0.6 is 0 Å². The number of ether oxygens (including phenoxy) is 1. The number of pyridine rings is 1. The van der Waals surface area contributed by atoms with Crippen molar-refractivity contribution in [2.45, 2.75) is 12.6 Å². The number of carbonyl (C=O) groups excluding carboxylic acids is 1. The largest absolute Gasteiger partial charge is 0.508 e. The molecule has 2 aromatic heterocycles. The number of nitrogens with zero attached hydrogens (tertiary/aromatic N) is 5. The van der Waals surface area contributed by atoms with Gasteiger partial charge in [-0.2, -0.15) is 0 Å². The second-order valence-corrected chi connectivity index (χ2v) is 8.29. The molecule has 2 aromatic carbocycles. The van der Waals surface area contributed by atoms with E-state index in [2.05, 4.69) is 15.0 Å². The number of aromatic nitrogens is 3. The summed E-state index contributed by atoms with van der Waals surface area (Å²) in [4.78, 5) is 29.4. The second kappa shape index (κ2) is 11.3. The zero-order chi connectivity index (χ0) is 25.5. The summed E-state index contributed by atoms with van der Waals surface area (Å²) in [5.74, 6) is 0.682. The third-order valence-electron chi connectivity index (χ3n) is 5.47. The van der Waals surface area contributed by atoms with Gasteiger partial charge >= 0.3 is 6.09 Å². The van der Waals surface area contributed by atoms with Gasteiger partial charge in [-0.1, -0.05) is 48.5 Å². The molecule has 0 fully saturated rings. The molecule has 4 aromatic rings. The van der Waals surface area contributed by atoms with Crippen LogP contribution in [0.1, 0.15) is 17.4 Å². The third-order valence-corrected chi connectivity index (χ3v) is 5.47. The van der Waals surface area contributed by atoms with Gasteiger partial charge in [-0.3, -0.25) is 4.98 Å². The maximum absolute atomic E-state index is 12.9. The van der Waals surface area contributed by atoms with Gasteiger partial charge in [0.05, 0.1) is 31.1 Å². The Hall–Kier alpha value is -4.50. The van der Waals surface area contributed by atoms with Crippen LogP contribution < -0.4 is 9.64 Å². The molecule has 0 spiro atoms. The van der Waals surface area contributed by atoms with Crippen molar-refractivity contribution in [3.63, 3.8) is 0 Å². The van der Waals surface area contributed by atoms with Crippen LogP contribution in [-0.2, 0) is 6.54 Å². The van der Waals surface area contributed by atoms with Crippen LogP contribution in [0.5, 0.6) is 11.5 Å². The molecule has 4 rings (SSSR count). The fourth-order valence-electron chi connectivity index (χ4n) is 3.57. The number of anilines is 1. The Labute approximate surface area is 209 Å². The molecule has 9 heteroatoms. The SMILES string of the molecule is CN(CC(O)c1cccc(O)c1)C(=O)Oc1cnc(N(C)Cc2ccccn2)nc1-c1ccccc1. The molecular formula is C27H27N5O4. The van der Waals surface area contributed by atoms with Gasteiger partial charge in [0, 0.05) is 25.9 Å². The van der Waals surface area contributed by atoms with Crippen LogP contribution in [0.25, 0.3) is 11.3 Å². The predicted molar refractivity (Wildman–Crippen MR) is 136 cm³/mol. The van der Waals surface area contributed by atoms with Gasteiger partial charge in [-0.15, -0.1) is 0 Å². The summed E-state index contributed by atoms with van der Waals surface area (Å²) in [7, 11) is 3.38. The number of aliphatic hydroxyl groups is 1. The Kier molecular flexibility index (Phi) is 7.72. The van der Waals surface area contributed by atoms with Crippen molar-refractivity contribution >= 4 is 12.0 Å². The number of phenolic OH excluding ortho intramolecular Hbond substituents is 1. The van der Waals surface area contributed by atoms with E-state index in [1.165, 1.54) is 30.3 Å². The highest BCUT2D eigenvalue weighted by Gasteiger charge is 2.21. The molecule has 2 heterocycles. The van der Waals surface area contributed by atoms with Crippen molar-refractivity contribution < 1.29 is 19.7 Å². The molecule has 0 bridgehead atoms. The molecule has 0 radical (unpaired) electrons. The number of hydrogen-bond acceptors (Lipinski definition) is 8. The number of likely N-dealkylation sites (N-methyl/N-ethyl adjacent to an activating group) is 1. The van der Waals surface area contributed by atoms with Gasteiger partial charge < -0.3 is 24.7 Å². The van der Waals surface area contributed by atoms with Crippen LogP contribution in [0, 0.1) is 0 Å². The summed E-state index contributed by atoms with van der Waals surface area (Å²) in [6, 6.07) is 21.3. The highest BCUT2D eigenvalue weighted by Crippen LogP contribution is 2.30. The average molecular weight is 486 g/mol. The van der Waals surface area contributed by atoms with Crippen molar-refractivity contribution in [2.75, 3.05) is 25.5 Å². The first-order valence-corrected chi connectivity index (χ1v) is 11.3. The first-order valence-electron chi connectivity index (χ1n) is 11.3. The number of rotatable bonds is 8. The van der Waals surface area contributed by atoms with Gasteiger partial charge in [0.1, 0.15) is 11.4 Å². The van der Waals surface area contributed by atoms with Crippen LogP contribution in [0.3, 0.4) is 0 Å². The molecule has 1 amide bonds. The van der Waals surface area contributed by atoms with Crippen molar-refractivity contribution in [1.29, 1.82) is 0 Å². The Morgan fingerprint density at radius 2 is 1.78 bits per heavy atom. The number of amides is 1. The van der Waals surface area contributed by atoms with Gasteiger partial charge in [-0.05, 0) is 29.8 Å². The van der Waals surface area contributed by atoms with Gasteiger partial charge in [-0.25, -0.2) is 14.8 Å². The van der Waals surface area contributed by atoms with Crippen LogP contribution in [0.4, 0.5) is 10.7 Å². The molecule has 1 unspecified atom stereocenters. The minimum absolute atomic E-state index is 0.0330. The number of benzene rings is 2. The first kappa shape index (κ1) is 24.6. The molecule has 0 aliphatic rings. The zero-order valence-electron chi connectivity index (χ0n) is 20.0. The van der Waals surface area contributed by atoms with Gasteiger partial charge in [0.15, 0.2) is 5.75 Å². The van der Waals surface area contributed by atoms with Crippen LogP contribution in [0.2, 0.25) is 0 Å². The predicted octanol–water partition coefficient (Wildman–Crippen LogP) is 4.04. The molecule has 184 valence electrons. The van der Waals surface area contributed by atoms with Crippen molar-refractivity contribution in [3.8, 4) is 22.8 Å². The standard InChI is InChI=1S/C27H27N5O4/c1-31(17-21-12-6-7-14-28-21)26-29-16-24(25(30-26)19-9-4-3-5-10-19)36-27(35)32(2)18-23(34)20-11-8-13-22(33)15-20/h3-16,23,33-34H,17-18H2,1-2H3. The highest BCUT2D eigenvalue weighted by molar-refractivity contribution is 5.75. The molecular weight excluding hydrogens is 458 g/mol. The Bertz CT molecular complexity index is 1300. The minimum Gasteiger partial charge on any atom is -0.508 e. The minimum atomic E-state index is -0.998. The molecule has 2 N–H and O–H groups in total. The molecule has 1 atom stereocenters. The number of aliphatic hydroxyl groups excluding tert-OH is 1. The maximum Gasteiger partial charge on any atom is 0.415 e. The van der Waals surface area contributed by atoms with E-state index in [1.54, 1.807) is 18.3 Å². The molecule has 0 saturated heterocycles. The van der Waals surface area contributed by atoms with Crippen molar-refractivity contribution in [2.24, 2.45) is 0 Å². The number of hydrogen-bond donors (Lipinski definition) is 2. The molecule has 0 aliphatic heterocycles. The summed E-state index contributed by atoms with van der Waals surface area (Å²) in [5.41, 5.74) is 2.58. The number of aromatic hydroxyl groups is 1. The van der Waals surface area contributed by atoms with E-state index in [1.807, 2.05) is 60.5 Å². The normalized spacial score (nSPS) is 11.5. The fraction of sp³-hybridized carbons (Fsp3) is 0.185. The molecule has 36 heavy (non-hydrogen) atoms. The topological polar surface area (TPSA) is 112 Å². The summed E-state index contributed by atoms with van der Waals surface area (Å²) < 4.78 is 5.65. The fourth-order valence-corrected chi connectivity index (χ4v) is 3.57. The maximum atomic E-state index is 12.9. The number of phenols is 1. The van der Waals surface area contributed by atoms with E-state index in [4.69, 9.17) is 4.74 Å². The van der Waals surface area contributed by atoms with Crippen LogP contribution in [-0.4, -0.2) is 56.8 Å². The summed E-state index contributed by atoms with van der Waals surface area (Å²) in [5, 5.41) is 20.1. The van der Waals surface area contributed by atoms with Crippen molar-refractivity contribution in [1.82, 2.24) is 19.9 Å². The monoisotopic (exact) mass is 485 g/mol. The summed E-state index contributed by atoms with van der Waals surface area (Å²) in [6.45, 7) is 0.471. The lowest BCUT2D eigenvalue weighted by molar-refractivity contribution is 0.112. The quantitative estimate of drug-likeness (QED) is 0.385. The van der Waals surface area contributed by atoms with E-state index in [9.17, 15) is 15.0 Å². The van der Waals surface area contributed by atoms with E-state index in [0.717, 1.165) is 11.3 Å². The highest BCUT2D eigenvalue weighted by atomic mass is 16.6. The van der Waals surface area contributed by atoms with Crippen LogP contribution in [0.15, 0.2) is 85.2 Å². The zero-order valence-corrected chi connectivity index (χ0v) is 20.0. The van der Waals surface area contributed by atoms with E-state index in [0.29, 0.717) is 23.8 Å². The lowest BCUT2D eigenvalue weighted by Crippen LogP contribution is -2.33. The first-order chi connectivity index (χ1) is 17.4. The summed E-state index contributed by atoms with van der Waals surface area (Å²) >= 11 is 0. The van der Waals surface area contributed by atoms with Gasteiger partial charge in [0.2, 0.25) is 5.95 Å². The lowest BCUT2D eigenvalue weighted by Gasteiger charge is -2.22. The molecule has 9 nitrogen and oxygen atoms in total.